The topological polar surface area (TPSA) is 45.7 Å². The third-order valence-corrected chi connectivity index (χ3v) is 12.1. The summed E-state index contributed by atoms with van der Waals surface area (Å²) >= 11 is 0.552. The Balaban J connectivity index is 0.00000173. The summed E-state index contributed by atoms with van der Waals surface area (Å²) in [5.41, 5.74) is 16.9. The average molecular weight is 761 g/mol. The van der Waals surface area contributed by atoms with E-state index < -0.39 is 0 Å². The summed E-state index contributed by atoms with van der Waals surface area (Å²) in [5, 5.41) is 0. The first-order valence-electron chi connectivity index (χ1n) is 17.2. The molecule has 0 aromatic heterocycles. The zero-order chi connectivity index (χ0) is 29.6. The van der Waals surface area contributed by atoms with Gasteiger partial charge in [0.15, 0.2) is 0 Å². The predicted molar refractivity (Wildman–Crippen MR) is 178 cm³/mol. The number of rotatable bonds is 10. The Morgan fingerprint density at radius 2 is 1.71 bits per heavy atom. The summed E-state index contributed by atoms with van der Waals surface area (Å²) in [5.74, 6) is 2.32. The molecule has 3 fully saturated rings. The SMILES string of the molecule is C=N/C=C(\NNCCCCC)c1ccc(C2C=CC([O][Tl])=C3CC4(CCCC4)CC32)c2c1CC1(CCCCC1)C2.CC. The Morgan fingerprint density at radius 1 is 1.00 bits per heavy atom. The smallest absolute Gasteiger partial charge is 0.0683 e. The third-order valence-electron chi connectivity index (χ3n) is 11.1. The van der Waals surface area contributed by atoms with Crippen LogP contribution in [0.4, 0.5) is 0 Å². The summed E-state index contributed by atoms with van der Waals surface area (Å²) in [7, 11) is 0. The fourth-order valence-corrected chi connectivity index (χ4v) is 10.1. The Bertz CT molecular complexity index is 1190. The maximum atomic E-state index is 6.13. The monoisotopic (exact) mass is 761 g/mol. The van der Waals surface area contributed by atoms with Gasteiger partial charge in [0.05, 0.1) is 0 Å². The quantitative estimate of drug-likeness (QED) is 0.108. The van der Waals surface area contributed by atoms with Gasteiger partial charge in [0, 0.05) is 6.54 Å². The van der Waals surface area contributed by atoms with Crippen LogP contribution < -0.4 is 10.9 Å². The first kappa shape index (κ1) is 32.0. The second-order valence-electron chi connectivity index (χ2n) is 13.6. The Kier molecular flexibility index (Phi) is 11.1. The number of nitrogens with zero attached hydrogens (tertiary/aromatic N) is 1. The van der Waals surface area contributed by atoms with Crippen molar-refractivity contribution >= 4 is 38.6 Å². The minimum Gasteiger partial charge on any atom is -0.0683 e. The van der Waals surface area contributed by atoms with Crippen molar-refractivity contribution in [2.24, 2.45) is 21.7 Å². The van der Waals surface area contributed by atoms with Crippen molar-refractivity contribution in [3.05, 3.63) is 64.1 Å². The van der Waals surface area contributed by atoms with Crippen LogP contribution in [0.2, 0.25) is 0 Å². The maximum Gasteiger partial charge on any atom is -0.0683 e. The molecule has 0 heterocycles. The number of nitrogens with one attached hydrogen (secondary N) is 2. The second kappa shape index (κ2) is 14.6. The van der Waals surface area contributed by atoms with Gasteiger partial charge in [0.2, 0.25) is 0 Å². The number of unbranched alkanes of at least 4 members (excludes halogenated alkanes) is 2. The van der Waals surface area contributed by atoms with Gasteiger partial charge in [-0.15, -0.1) is 0 Å². The molecule has 0 bridgehead atoms. The minimum atomic E-state index is 0.441. The standard InChI is InChI=1S/C35H49N3O.C2H6.Tl/c1-3-4-10-19-37-38-32(24-36-2)27-12-11-25(28-20-34(22-30(27)28)15-6-5-7-16-34)26-13-14-33(39)31-23-35(21-29(26)31)17-8-9-18-35;1-2;/h11-14,24,26,29,37-39H,2-10,15-23H2,1H3;1-2H3;/q;;+1/p-1/b32-24-;;. The second-order valence-corrected chi connectivity index (χ2v) is 14.6. The molecule has 0 saturated heterocycles. The molecule has 0 radical (unpaired) electrons. The molecule has 1 aromatic carbocycles. The van der Waals surface area contributed by atoms with Gasteiger partial charge in [-0.3, -0.25) is 0 Å². The van der Waals surface area contributed by atoms with Crippen molar-refractivity contribution in [3.8, 4) is 0 Å². The number of hydrazine groups is 1. The molecule has 3 saturated carbocycles. The Labute approximate surface area is 272 Å². The molecule has 2 N–H and O–H groups in total. The molecule has 42 heavy (non-hydrogen) atoms. The molecule has 5 heteroatoms. The van der Waals surface area contributed by atoms with Crippen LogP contribution in [0.1, 0.15) is 139 Å². The molecule has 4 nitrogen and oxygen atoms in total. The van der Waals surface area contributed by atoms with E-state index in [4.69, 9.17) is 2.69 Å². The number of fused-ring (bicyclic) bond motifs is 2. The van der Waals surface area contributed by atoms with E-state index in [2.05, 4.69) is 53.8 Å². The Morgan fingerprint density at radius 3 is 2.43 bits per heavy atom. The van der Waals surface area contributed by atoms with E-state index in [1.54, 1.807) is 22.3 Å². The van der Waals surface area contributed by atoms with Gasteiger partial charge in [0.25, 0.3) is 0 Å². The molecule has 2 atom stereocenters. The van der Waals surface area contributed by atoms with Crippen molar-refractivity contribution in [1.82, 2.24) is 10.9 Å². The normalized spacial score (nSPS) is 25.2. The van der Waals surface area contributed by atoms with E-state index >= 15 is 0 Å². The fraction of sp³-hybridized carbons (Fsp3) is 0.649. The van der Waals surface area contributed by atoms with Gasteiger partial charge in [-0.25, -0.2) is 0 Å². The molecule has 5 aliphatic carbocycles. The number of hydrogen-bond acceptors (Lipinski definition) is 4. The van der Waals surface area contributed by atoms with Crippen LogP contribution in [0.3, 0.4) is 0 Å². The number of benzene rings is 1. The van der Waals surface area contributed by atoms with E-state index in [0.717, 1.165) is 12.2 Å². The number of hydrogen-bond donors (Lipinski definition) is 2. The van der Waals surface area contributed by atoms with Gasteiger partial charge in [-0.1, -0.05) is 33.6 Å². The largest absolute Gasteiger partial charge is 0.0683 e. The summed E-state index contributed by atoms with van der Waals surface area (Å²) in [4.78, 5) is 4.23. The van der Waals surface area contributed by atoms with Crippen LogP contribution in [-0.4, -0.2) is 39.5 Å². The van der Waals surface area contributed by atoms with Crippen molar-refractivity contribution in [3.63, 3.8) is 0 Å². The van der Waals surface area contributed by atoms with Gasteiger partial charge in [-0.2, -0.15) is 0 Å². The summed E-state index contributed by atoms with van der Waals surface area (Å²) in [6.45, 7) is 11.0. The van der Waals surface area contributed by atoms with Crippen LogP contribution in [0.15, 0.2) is 46.8 Å². The van der Waals surface area contributed by atoms with Gasteiger partial charge >= 0.3 is 221 Å². The summed E-state index contributed by atoms with van der Waals surface area (Å²) in [6, 6.07) is 4.90. The maximum absolute atomic E-state index is 6.13. The molecule has 1 aromatic rings. The van der Waals surface area contributed by atoms with Gasteiger partial charge in [0.1, 0.15) is 0 Å². The molecule has 2 spiro atoms. The summed E-state index contributed by atoms with van der Waals surface area (Å²) < 4.78 is 6.13. The minimum absolute atomic E-state index is 0.441. The molecule has 6 rings (SSSR count). The van der Waals surface area contributed by atoms with Gasteiger partial charge < -0.3 is 0 Å². The van der Waals surface area contributed by atoms with E-state index in [9.17, 15) is 0 Å². The van der Waals surface area contributed by atoms with Crippen molar-refractivity contribution in [1.29, 1.82) is 0 Å². The van der Waals surface area contributed by atoms with E-state index in [0.29, 0.717) is 48.9 Å². The van der Waals surface area contributed by atoms with Gasteiger partial charge in [-0.05, 0) is 13.1 Å². The molecular formula is C37H54N3OTl. The van der Waals surface area contributed by atoms with Crippen LogP contribution in [0, 0.1) is 16.7 Å². The van der Waals surface area contributed by atoms with Crippen molar-refractivity contribution in [2.75, 3.05) is 6.54 Å². The first-order valence-corrected chi connectivity index (χ1v) is 19.0. The van der Waals surface area contributed by atoms with Crippen LogP contribution in [0.5, 0.6) is 0 Å². The van der Waals surface area contributed by atoms with Crippen molar-refractivity contribution < 1.29 is 2.69 Å². The molecule has 2 unspecified atom stereocenters. The van der Waals surface area contributed by atoms with Crippen LogP contribution >= 0.6 is 0 Å². The Hall–Kier alpha value is -1.41. The van der Waals surface area contributed by atoms with Crippen LogP contribution in [0.25, 0.3) is 5.70 Å². The molecule has 226 valence electrons. The fourth-order valence-electron chi connectivity index (χ4n) is 9.22. The zero-order valence-corrected chi connectivity index (χ0v) is 31.2. The molecule has 0 amide bonds. The average Bonchev–Trinajstić information content (AvgIpc) is 3.74. The zero-order valence-electron chi connectivity index (χ0n) is 26.7. The van der Waals surface area contributed by atoms with E-state index in [1.165, 1.54) is 114 Å². The van der Waals surface area contributed by atoms with E-state index in [-0.39, 0.29) is 0 Å². The van der Waals surface area contributed by atoms with E-state index in [1.807, 2.05) is 20.0 Å². The third kappa shape index (κ3) is 6.50. The van der Waals surface area contributed by atoms with Crippen molar-refractivity contribution in [2.45, 2.75) is 129 Å². The number of allylic oxidation sites excluding steroid dienone is 3. The molecular weight excluding hydrogens is 707 g/mol. The van der Waals surface area contributed by atoms with Crippen LogP contribution in [-0.2, 0) is 15.5 Å². The molecule has 0 aliphatic heterocycles. The predicted octanol–water partition coefficient (Wildman–Crippen LogP) is 9.02. The number of aliphatic imine (C=N–C) groups is 1. The first-order chi connectivity index (χ1) is 20.6. The molecule has 5 aliphatic rings. The summed E-state index contributed by atoms with van der Waals surface area (Å²) in [6.07, 6.45) is 28.1.